The molecule has 0 amide bonds. The van der Waals surface area contributed by atoms with E-state index >= 15 is 0 Å². The van der Waals surface area contributed by atoms with Gasteiger partial charge in [-0.1, -0.05) is 0 Å². The van der Waals surface area contributed by atoms with Crippen molar-refractivity contribution in [1.82, 2.24) is 0 Å². The molecule has 0 aliphatic heterocycles. The molecule has 2 nitrogen and oxygen atoms in total. The average Bonchev–Trinajstić information content (AvgIpc) is 2.02. The van der Waals surface area contributed by atoms with Crippen molar-refractivity contribution in [2.24, 2.45) is 0 Å². The standard InChI is InChI=1S/C8H8BrFO2/c1-4-5(3-11)8(12)6(9)2-7(4)10/h2,11-12H,3H2,1H3. The van der Waals surface area contributed by atoms with Gasteiger partial charge in [-0.05, 0) is 34.5 Å². The highest BCUT2D eigenvalue weighted by molar-refractivity contribution is 9.10. The molecule has 0 aliphatic rings. The van der Waals surface area contributed by atoms with Crippen molar-refractivity contribution in [1.29, 1.82) is 0 Å². The third-order valence-electron chi connectivity index (χ3n) is 1.73. The van der Waals surface area contributed by atoms with Crippen LogP contribution in [0.5, 0.6) is 5.75 Å². The second-order valence-corrected chi connectivity index (χ2v) is 3.30. The van der Waals surface area contributed by atoms with Gasteiger partial charge in [0.1, 0.15) is 11.6 Å². The molecule has 0 spiro atoms. The van der Waals surface area contributed by atoms with Crippen LogP contribution in [0.3, 0.4) is 0 Å². The van der Waals surface area contributed by atoms with Crippen LogP contribution in [0.4, 0.5) is 4.39 Å². The predicted molar refractivity (Wildman–Crippen MR) is 46.4 cm³/mol. The molecule has 2 N–H and O–H groups in total. The Bertz CT molecular complexity index is 286. The van der Waals surface area contributed by atoms with Crippen LogP contribution in [0, 0.1) is 12.7 Å². The van der Waals surface area contributed by atoms with Gasteiger partial charge in [0.05, 0.1) is 11.1 Å². The first kappa shape index (κ1) is 9.48. The molecule has 0 unspecified atom stereocenters. The van der Waals surface area contributed by atoms with Crippen LogP contribution >= 0.6 is 15.9 Å². The quantitative estimate of drug-likeness (QED) is 0.782. The smallest absolute Gasteiger partial charge is 0.135 e. The number of benzene rings is 1. The van der Waals surface area contributed by atoms with Crippen LogP contribution in [0.15, 0.2) is 10.5 Å². The number of rotatable bonds is 1. The largest absolute Gasteiger partial charge is 0.506 e. The zero-order valence-corrected chi connectivity index (χ0v) is 8.02. The highest BCUT2D eigenvalue weighted by Gasteiger charge is 2.12. The Morgan fingerprint density at radius 3 is 2.67 bits per heavy atom. The van der Waals surface area contributed by atoms with Crippen LogP contribution < -0.4 is 0 Å². The summed E-state index contributed by atoms with van der Waals surface area (Å²) >= 11 is 2.97. The Balaban J connectivity index is 3.42. The van der Waals surface area contributed by atoms with Crippen molar-refractivity contribution in [2.45, 2.75) is 13.5 Å². The molecule has 0 bridgehead atoms. The van der Waals surface area contributed by atoms with E-state index in [1.165, 1.54) is 13.0 Å². The minimum absolute atomic E-state index is 0.101. The fraction of sp³-hybridized carbons (Fsp3) is 0.250. The number of aliphatic hydroxyl groups excluding tert-OH is 1. The Hall–Kier alpha value is -0.610. The normalized spacial score (nSPS) is 10.3. The molecule has 66 valence electrons. The topological polar surface area (TPSA) is 40.5 Å². The van der Waals surface area contributed by atoms with Crippen LogP contribution in [0.1, 0.15) is 11.1 Å². The summed E-state index contributed by atoms with van der Waals surface area (Å²) in [5.41, 5.74) is 0.500. The van der Waals surface area contributed by atoms with Gasteiger partial charge in [0.15, 0.2) is 0 Å². The summed E-state index contributed by atoms with van der Waals surface area (Å²) in [5.74, 6) is -0.542. The maximum absolute atomic E-state index is 13.0. The number of halogens is 2. The molecule has 0 radical (unpaired) electrons. The first-order chi connectivity index (χ1) is 5.57. The highest BCUT2D eigenvalue weighted by atomic mass is 79.9. The van der Waals surface area contributed by atoms with Crippen molar-refractivity contribution in [3.8, 4) is 5.75 Å². The summed E-state index contributed by atoms with van der Waals surface area (Å²) in [4.78, 5) is 0. The lowest BCUT2D eigenvalue weighted by atomic mass is 10.1. The molecule has 0 aliphatic carbocycles. The maximum Gasteiger partial charge on any atom is 0.135 e. The van der Waals surface area contributed by atoms with E-state index < -0.39 is 5.82 Å². The van der Waals surface area contributed by atoms with Gasteiger partial charge in [0, 0.05) is 5.56 Å². The lowest BCUT2D eigenvalue weighted by molar-refractivity contribution is 0.273. The second-order valence-electron chi connectivity index (χ2n) is 2.45. The van der Waals surface area contributed by atoms with Gasteiger partial charge in [-0.15, -0.1) is 0 Å². The van der Waals surface area contributed by atoms with E-state index in [-0.39, 0.29) is 28.0 Å². The van der Waals surface area contributed by atoms with Gasteiger partial charge in [0.25, 0.3) is 0 Å². The Kier molecular flexibility index (Phi) is 2.69. The third-order valence-corrected chi connectivity index (χ3v) is 2.34. The highest BCUT2D eigenvalue weighted by Crippen LogP contribution is 2.31. The molecule has 0 atom stereocenters. The summed E-state index contributed by atoms with van der Waals surface area (Å²) in [6.07, 6.45) is 0. The van der Waals surface area contributed by atoms with E-state index in [1.807, 2.05) is 0 Å². The molecule has 1 aromatic rings. The summed E-state index contributed by atoms with van der Waals surface area (Å²) in [6, 6.07) is 1.17. The molecule has 4 heteroatoms. The number of hydrogen-bond donors (Lipinski definition) is 2. The average molecular weight is 235 g/mol. The van der Waals surface area contributed by atoms with E-state index in [0.29, 0.717) is 0 Å². The van der Waals surface area contributed by atoms with Crippen molar-refractivity contribution in [3.05, 3.63) is 27.5 Å². The Morgan fingerprint density at radius 2 is 2.17 bits per heavy atom. The monoisotopic (exact) mass is 234 g/mol. The van der Waals surface area contributed by atoms with Gasteiger partial charge in [-0.25, -0.2) is 4.39 Å². The van der Waals surface area contributed by atoms with Crippen molar-refractivity contribution >= 4 is 15.9 Å². The minimum atomic E-state index is -0.441. The summed E-state index contributed by atoms with van der Waals surface area (Å²) < 4.78 is 13.2. The molecule has 0 saturated carbocycles. The van der Waals surface area contributed by atoms with E-state index in [1.54, 1.807) is 0 Å². The van der Waals surface area contributed by atoms with Crippen LogP contribution in [-0.2, 0) is 6.61 Å². The van der Waals surface area contributed by atoms with Crippen LogP contribution in [0.2, 0.25) is 0 Å². The molecule has 0 heterocycles. The SMILES string of the molecule is Cc1c(F)cc(Br)c(O)c1CO. The summed E-state index contributed by atoms with van der Waals surface area (Å²) in [6.45, 7) is 1.14. The summed E-state index contributed by atoms with van der Waals surface area (Å²) in [7, 11) is 0. The van der Waals surface area contributed by atoms with Crippen LogP contribution in [-0.4, -0.2) is 10.2 Å². The fourth-order valence-corrected chi connectivity index (χ4v) is 1.39. The zero-order valence-electron chi connectivity index (χ0n) is 6.43. The van der Waals surface area contributed by atoms with Crippen LogP contribution in [0.25, 0.3) is 0 Å². The molecule has 1 aromatic carbocycles. The molecular weight excluding hydrogens is 227 g/mol. The Labute approximate surface area is 77.8 Å². The second kappa shape index (κ2) is 3.41. The molecule has 12 heavy (non-hydrogen) atoms. The van der Waals surface area contributed by atoms with E-state index in [0.717, 1.165) is 0 Å². The molecular formula is C8H8BrFO2. The lowest BCUT2D eigenvalue weighted by Gasteiger charge is -2.07. The number of aliphatic hydroxyl groups is 1. The van der Waals surface area contributed by atoms with Gasteiger partial charge >= 0.3 is 0 Å². The first-order valence-corrected chi connectivity index (χ1v) is 4.14. The van der Waals surface area contributed by atoms with Gasteiger partial charge < -0.3 is 10.2 Å². The molecule has 0 aromatic heterocycles. The van der Waals surface area contributed by atoms with Crippen molar-refractivity contribution in [2.75, 3.05) is 0 Å². The van der Waals surface area contributed by atoms with E-state index in [4.69, 9.17) is 5.11 Å². The minimum Gasteiger partial charge on any atom is -0.506 e. The zero-order chi connectivity index (χ0) is 9.30. The predicted octanol–water partition coefficient (Wildman–Crippen LogP) is 2.09. The van der Waals surface area contributed by atoms with E-state index in [9.17, 15) is 9.50 Å². The lowest BCUT2D eigenvalue weighted by Crippen LogP contribution is -1.94. The first-order valence-electron chi connectivity index (χ1n) is 3.35. The van der Waals surface area contributed by atoms with Gasteiger partial charge in [0.2, 0.25) is 0 Å². The molecule has 0 fully saturated rings. The third kappa shape index (κ3) is 1.44. The number of phenols is 1. The van der Waals surface area contributed by atoms with Gasteiger partial charge in [-0.2, -0.15) is 0 Å². The van der Waals surface area contributed by atoms with Gasteiger partial charge in [-0.3, -0.25) is 0 Å². The molecule has 0 saturated heterocycles. The number of aromatic hydroxyl groups is 1. The maximum atomic E-state index is 13.0. The number of hydrogen-bond acceptors (Lipinski definition) is 2. The van der Waals surface area contributed by atoms with E-state index in [2.05, 4.69) is 15.9 Å². The van der Waals surface area contributed by atoms with Crippen molar-refractivity contribution < 1.29 is 14.6 Å². The van der Waals surface area contributed by atoms with Crippen molar-refractivity contribution in [3.63, 3.8) is 0 Å². The molecule has 1 rings (SSSR count). The Morgan fingerprint density at radius 1 is 1.58 bits per heavy atom. The summed E-state index contributed by atoms with van der Waals surface area (Å²) in [5, 5.41) is 18.1. The fourth-order valence-electron chi connectivity index (χ4n) is 0.947.